The van der Waals surface area contributed by atoms with Crippen LogP contribution in [-0.2, 0) is 9.53 Å². The largest absolute Gasteiger partial charge is 0.465 e. The topological polar surface area (TPSA) is 26.3 Å². The molecule has 2 aromatic carbocycles. The summed E-state index contributed by atoms with van der Waals surface area (Å²) in [5, 5.41) is 0.0989. The van der Waals surface area contributed by atoms with E-state index in [0.717, 1.165) is 0 Å². The first-order valence-corrected chi connectivity index (χ1v) is 8.37. The monoisotopic (exact) mass is 314 g/mol. The predicted octanol–water partition coefficient (Wildman–Crippen LogP) is 4.85. The summed E-state index contributed by atoms with van der Waals surface area (Å²) < 4.78 is 4.61. The van der Waals surface area contributed by atoms with Crippen LogP contribution in [0.1, 0.15) is 37.1 Å². The molecule has 0 radical (unpaired) electrons. The molecule has 0 saturated carbocycles. The Morgan fingerprint density at radius 1 is 1.00 bits per heavy atom. The van der Waals surface area contributed by atoms with Gasteiger partial charge in [-0.25, -0.2) is 0 Å². The SMILES string of the molecule is CCOC(=O)C(C)(C)SC(c1ccccc1)c1ccccc1. The molecule has 0 atom stereocenters. The van der Waals surface area contributed by atoms with E-state index in [1.807, 2.05) is 57.2 Å². The fourth-order valence-electron chi connectivity index (χ4n) is 2.23. The lowest BCUT2D eigenvalue weighted by molar-refractivity contribution is -0.145. The minimum absolute atomic E-state index is 0.0989. The van der Waals surface area contributed by atoms with E-state index in [1.165, 1.54) is 11.1 Å². The predicted molar refractivity (Wildman–Crippen MR) is 93.0 cm³/mol. The number of thioether (sulfide) groups is 1. The van der Waals surface area contributed by atoms with Crippen LogP contribution >= 0.6 is 11.8 Å². The highest BCUT2D eigenvalue weighted by Gasteiger charge is 2.34. The Morgan fingerprint density at radius 2 is 1.45 bits per heavy atom. The van der Waals surface area contributed by atoms with E-state index in [-0.39, 0.29) is 11.2 Å². The number of esters is 1. The Kier molecular flexibility index (Phi) is 5.67. The van der Waals surface area contributed by atoms with Crippen molar-refractivity contribution in [1.82, 2.24) is 0 Å². The average molecular weight is 314 g/mol. The third-order valence-electron chi connectivity index (χ3n) is 3.38. The number of benzene rings is 2. The number of ether oxygens (including phenoxy) is 1. The summed E-state index contributed by atoms with van der Waals surface area (Å²) in [6.07, 6.45) is 0. The van der Waals surface area contributed by atoms with Gasteiger partial charge in [-0.05, 0) is 31.9 Å². The maximum absolute atomic E-state index is 12.2. The number of rotatable bonds is 6. The van der Waals surface area contributed by atoms with Crippen molar-refractivity contribution >= 4 is 17.7 Å². The molecule has 0 saturated heterocycles. The molecule has 2 rings (SSSR count). The summed E-state index contributed by atoms with van der Waals surface area (Å²) in [5.74, 6) is -0.170. The van der Waals surface area contributed by atoms with Crippen LogP contribution in [-0.4, -0.2) is 17.3 Å². The summed E-state index contributed by atoms with van der Waals surface area (Å²) in [4.78, 5) is 12.2. The lowest BCUT2D eigenvalue weighted by Crippen LogP contribution is -2.31. The maximum Gasteiger partial charge on any atom is 0.321 e. The van der Waals surface area contributed by atoms with Crippen molar-refractivity contribution in [3.63, 3.8) is 0 Å². The molecule has 0 fully saturated rings. The van der Waals surface area contributed by atoms with Gasteiger partial charge in [-0.2, -0.15) is 0 Å². The second-order valence-electron chi connectivity index (χ2n) is 5.55. The van der Waals surface area contributed by atoms with Gasteiger partial charge < -0.3 is 4.74 Å². The highest BCUT2D eigenvalue weighted by molar-refractivity contribution is 8.01. The third kappa shape index (κ3) is 4.14. The summed E-state index contributed by atoms with van der Waals surface area (Å²) >= 11 is 1.63. The summed E-state index contributed by atoms with van der Waals surface area (Å²) in [5.41, 5.74) is 2.38. The van der Waals surface area contributed by atoms with E-state index in [9.17, 15) is 4.79 Å². The fourth-order valence-corrected chi connectivity index (χ4v) is 3.56. The van der Waals surface area contributed by atoms with Crippen LogP contribution in [0.25, 0.3) is 0 Å². The maximum atomic E-state index is 12.2. The van der Waals surface area contributed by atoms with Crippen molar-refractivity contribution in [3.05, 3.63) is 71.8 Å². The van der Waals surface area contributed by atoms with Crippen molar-refractivity contribution in [1.29, 1.82) is 0 Å². The third-order valence-corrected chi connectivity index (χ3v) is 4.92. The molecule has 2 nitrogen and oxygen atoms in total. The summed E-state index contributed by atoms with van der Waals surface area (Å²) in [7, 11) is 0. The van der Waals surface area contributed by atoms with Crippen LogP contribution in [0.5, 0.6) is 0 Å². The Morgan fingerprint density at radius 3 is 1.86 bits per heavy atom. The molecule has 0 bridgehead atoms. The Hall–Kier alpha value is -1.74. The van der Waals surface area contributed by atoms with Gasteiger partial charge >= 0.3 is 5.97 Å². The van der Waals surface area contributed by atoms with Gasteiger partial charge in [0.1, 0.15) is 4.75 Å². The van der Waals surface area contributed by atoms with Crippen molar-refractivity contribution in [2.75, 3.05) is 6.61 Å². The zero-order valence-electron chi connectivity index (χ0n) is 13.3. The normalized spacial score (nSPS) is 11.5. The molecule has 116 valence electrons. The standard InChI is InChI=1S/C19H22O2S/c1-4-21-18(20)19(2,3)22-17(15-11-7-5-8-12-15)16-13-9-6-10-14-16/h5-14,17H,4H2,1-3H3. The average Bonchev–Trinajstić information content (AvgIpc) is 2.54. The van der Waals surface area contributed by atoms with Crippen LogP contribution < -0.4 is 0 Å². The van der Waals surface area contributed by atoms with E-state index < -0.39 is 4.75 Å². The van der Waals surface area contributed by atoms with Crippen molar-refractivity contribution in [2.24, 2.45) is 0 Å². The zero-order valence-corrected chi connectivity index (χ0v) is 14.1. The minimum atomic E-state index is -0.605. The molecule has 0 spiro atoms. The van der Waals surface area contributed by atoms with Gasteiger partial charge in [0.2, 0.25) is 0 Å². The van der Waals surface area contributed by atoms with Gasteiger partial charge in [-0.3, -0.25) is 4.79 Å². The molecule has 0 aliphatic carbocycles. The molecule has 0 amide bonds. The quantitative estimate of drug-likeness (QED) is 0.713. The first kappa shape index (κ1) is 16.6. The number of hydrogen-bond acceptors (Lipinski definition) is 3. The number of carbonyl (C=O) groups is 1. The van der Waals surface area contributed by atoms with Gasteiger partial charge in [0.15, 0.2) is 0 Å². The van der Waals surface area contributed by atoms with Gasteiger partial charge in [0, 0.05) is 0 Å². The highest BCUT2D eigenvalue weighted by Crippen LogP contribution is 2.43. The van der Waals surface area contributed by atoms with E-state index in [0.29, 0.717) is 6.61 Å². The van der Waals surface area contributed by atoms with E-state index in [1.54, 1.807) is 11.8 Å². The van der Waals surface area contributed by atoms with Gasteiger partial charge in [0.05, 0.1) is 11.9 Å². The lowest BCUT2D eigenvalue weighted by atomic mass is 10.0. The van der Waals surface area contributed by atoms with Crippen LogP contribution in [0.3, 0.4) is 0 Å². The van der Waals surface area contributed by atoms with Crippen LogP contribution in [0.2, 0.25) is 0 Å². The van der Waals surface area contributed by atoms with Crippen molar-refractivity contribution in [3.8, 4) is 0 Å². The second-order valence-corrected chi connectivity index (χ2v) is 7.28. The van der Waals surface area contributed by atoms with Crippen molar-refractivity contribution in [2.45, 2.75) is 30.8 Å². The molecule has 2 aromatic rings. The van der Waals surface area contributed by atoms with Gasteiger partial charge in [-0.15, -0.1) is 11.8 Å². The number of hydrogen-bond donors (Lipinski definition) is 0. The molecular formula is C19H22O2S. The van der Waals surface area contributed by atoms with Crippen LogP contribution in [0.4, 0.5) is 0 Å². The summed E-state index contributed by atoms with van der Waals surface area (Å²) in [6.45, 7) is 6.10. The molecule has 0 aliphatic rings. The van der Waals surface area contributed by atoms with Gasteiger partial charge in [0.25, 0.3) is 0 Å². The first-order chi connectivity index (χ1) is 10.5. The first-order valence-electron chi connectivity index (χ1n) is 7.49. The summed E-state index contributed by atoms with van der Waals surface area (Å²) in [6, 6.07) is 20.5. The molecule has 0 heterocycles. The van der Waals surface area contributed by atoms with Crippen LogP contribution in [0.15, 0.2) is 60.7 Å². The van der Waals surface area contributed by atoms with E-state index >= 15 is 0 Å². The number of carbonyl (C=O) groups excluding carboxylic acids is 1. The second kappa shape index (κ2) is 7.50. The fraction of sp³-hybridized carbons (Fsp3) is 0.316. The molecule has 0 aliphatic heterocycles. The zero-order chi connectivity index (χ0) is 16.0. The molecule has 3 heteroatoms. The van der Waals surface area contributed by atoms with E-state index in [4.69, 9.17) is 4.74 Å². The molecule has 0 N–H and O–H groups in total. The van der Waals surface area contributed by atoms with Gasteiger partial charge in [-0.1, -0.05) is 60.7 Å². The minimum Gasteiger partial charge on any atom is -0.465 e. The molecule has 0 aromatic heterocycles. The lowest BCUT2D eigenvalue weighted by Gasteiger charge is -2.28. The van der Waals surface area contributed by atoms with E-state index in [2.05, 4.69) is 24.3 Å². The molecule has 22 heavy (non-hydrogen) atoms. The molecular weight excluding hydrogens is 292 g/mol. The smallest absolute Gasteiger partial charge is 0.321 e. The van der Waals surface area contributed by atoms with Crippen molar-refractivity contribution < 1.29 is 9.53 Å². The Bertz CT molecular complexity index is 554. The Balaban J connectivity index is 2.32. The van der Waals surface area contributed by atoms with Crippen LogP contribution in [0, 0.1) is 0 Å². The Labute approximate surface area is 136 Å². The molecule has 0 unspecified atom stereocenters. The highest BCUT2D eigenvalue weighted by atomic mass is 32.2.